The largest absolute Gasteiger partial charge is 0.350 e. The predicted molar refractivity (Wildman–Crippen MR) is 92.8 cm³/mol. The number of hydrogen-bond acceptors (Lipinski definition) is 5. The molecule has 1 fully saturated rings. The van der Waals surface area contributed by atoms with E-state index in [9.17, 15) is 4.79 Å². The van der Waals surface area contributed by atoms with Crippen LogP contribution in [0.3, 0.4) is 0 Å². The summed E-state index contributed by atoms with van der Waals surface area (Å²) in [5.41, 5.74) is 0.824. The average Bonchev–Trinajstić information content (AvgIpc) is 3.24. The van der Waals surface area contributed by atoms with Crippen molar-refractivity contribution in [2.75, 3.05) is 19.6 Å². The number of aryl methyl sites for hydroxylation is 1. The van der Waals surface area contributed by atoms with Crippen LogP contribution in [0.2, 0.25) is 0 Å². The average molecular weight is 335 g/mol. The fraction of sp³-hybridized carbons (Fsp3) is 0.500. The van der Waals surface area contributed by atoms with Crippen LogP contribution in [0, 0.1) is 6.92 Å². The minimum absolute atomic E-state index is 0.0146. The third-order valence-electron chi connectivity index (χ3n) is 4.14. The van der Waals surface area contributed by atoms with E-state index >= 15 is 0 Å². The number of nitrogens with one attached hydrogen (secondary N) is 1. The number of aromatic nitrogens is 1. The molecule has 0 spiro atoms. The van der Waals surface area contributed by atoms with Crippen molar-refractivity contribution >= 4 is 28.6 Å². The standard InChI is InChI=1S/C16H21N3OS2/c1-3-19-8-4-6-12(19)10-17-15(20)14-11(2)18-16(22-14)13-7-5-9-21-13/h5,7,9,12H,3-4,6,8,10H2,1-2H3,(H,17,20). The Balaban J connectivity index is 1.65. The second-order valence-electron chi connectivity index (χ2n) is 5.55. The first-order valence-electron chi connectivity index (χ1n) is 7.72. The van der Waals surface area contributed by atoms with Crippen molar-refractivity contribution in [3.8, 4) is 9.88 Å². The molecule has 0 aliphatic carbocycles. The van der Waals surface area contributed by atoms with Crippen molar-refractivity contribution in [1.29, 1.82) is 0 Å². The van der Waals surface area contributed by atoms with Gasteiger partial charge in [0.15, 0.2) is 0 Å². The lowest BCUT2D eigenvalue weighted by molar-refractivity contribution is 0.0944. The van der Waals surface area contributed by atoms with E-state index in [1.54, 1.807) is 11.3 Å². The lowest BCUT2D eigenvalue weighted by atomic mass is 10.2. The summed E-state index contributed by atoms with van der Waals surface area (Å²) in [7, 11) is 0. The maximum atomic E-state index is 12.4. The van der Waals surface area contributed by atoms with Crippen LogP contribution in [0.4, 0.5) is 0 Å². The van der Waals surface area contributed by atoms with Gasteiger partial charge in [0, 0.05) is 12.6 Å². The summed E-state index contributed by atoms with van der Waals surface area (Å²) in [5, 5.41) is 6.07. The van der Waals surface area contributed by atoms with E-state index in [1.807, 2.05) is 24.4 Å². The molecule has 0 aromatic carbocycles. The van der Waals surface area contributed by atoms with Crippen LogP contribution in [0.5, 0.6) is 0 Å². The van der Waals surface area contributed by atoms with Crippen LogP contribution in [-0.4, -0.2) is 41.5 Å². The first-order chi connectivity index (χ1) is 10.7. The Morgan fingerprint density at radius 1 is 1.55 bits per heavy atom. The number of carbonyl (C=O) groups excluding carboxylic acids is 1. The van der Waals surface area contributed by atoms with Gasteiger partial charge in [-0.2, -0.15) is 0 Å². The van der Waals surface area contributed by atoms with Crippen molar-refractivity contribution in [3.63, 3.8) is 0 Å². The zero-order valence-electron chi connectivity index (χ0n) is 13.0. The molecule has 3 rings (SSSR count). The van der Waals surface area contributed by atoms with E-state index in [0.29, 0.717) is 6.04 Å². The molecule has 1 unspecified atom stereocenters. The van der Waals surface area contributed by atoms with Gasteiger partial charge in [0.1, 0.15) is 9.88 Å². The van der Waals surface area contributed by atoms with Gasteiger partial charge in [-0.05, 0) is 44.3 Å². The number of hydrogen-bond donors (Lipinski definition) is 1. The molecule has 4 nitrogen and oxygen atoms in total. The molecule has 2 aromatic rings. The Morgan fingerprint density at radius 3 is 3.14 bits per heavy atom. The van der Waals surface area contributed by atoms with Crippen molar-refractivity contribution in [1.82, 2.24) is 15.2 Å². The molecule has 0 saturated carbocycles. The summed E-state index contributed by atoms with van der Waals surface area (Å²) in [6.45, 7) is 7.04. The molecule has 0 bridgehead atoms. The molecule has 1 aliphatic heterocycles. The summed E-state index contributed by atoms with van der Waals surface area (Å²) in [4.78, 5) is 21.3. The van der Waals surface area contributed by atoms with Crippen molar-refractivity contribution in [2.45, 2.75) is 32.7 Å². The SMILES string of the molecule is CCN1CCCC1CNC(=O)c1sc(-c2cccs2)nc1C. The smallest absolute Gasteiger partial charge is 0.263 e. The van der Waals surface area contributed by atoms with E-state index in [2.05, 4.69) is 22.1 Å². The van der Waals surface area contributed by atoms with Crippen LogP contribution >= 0.6 is 22.7 Å². The van der Waals surface area contributed by atoms with E-state index in [-0.39, 0.29) is 5.91 Å². The monoisotopic (exact) mass is 335 g/mol. The summed E-state index contributed by atoms with van der Waals surface area (Å²) in [5.74, 6) is 0.0146. The highest BCUT2D eigenvalue weighted by molar-refractivity contribution is 7.22. The number of likely N-dealkylation sites (tertiary alicyclic amines) is 1. The van der Waals surface area contributed by atoms with Gasteiger partial charge < -0.3 is 5.32 Å². The van der Waals surface area contributed by atoms with Crippen molar-refractivity contribution in [3.05, 3.63) is 28.1 Å². The first-order valence-corrected chi connectivity index (χ1v) is 9.42. The number of rotatable bonds is 5. The summed E-state index contributed by atoms with van der Waals surface area (Å²) in [6, 6.07) is 4.54. The molecule has 1 N–H and O–H groups in total. The third kappa shape index (κ3) is 3.24. The third-order valence-corrected chi connectivity index (χ3v) is 6.33. The van der Waals surface area contributed by atoms with Crippen LogP contribution in [0.25, 0.3) is 9.88 Å². The highest BCUT2D eigenvalue weighted by Crippen LogP contribution is 2.31. The maximum Gasteiger partial charge on any atom is 0.263 e. The van der Waals surface area contributed by atoms with E-state index in [1.165, 1.54) is 24.2 Å². The Labute approximate surface area is 139 Å². The number of likely N-dealkylation sites (N-methyl/N-ethyl adjacent to an activating group) is 1. The quantitative estimate of drug-likeness (QED) is 0.911. The Kier molecular flexibility index (Phi) is 4.90. The molecule has 6 heteroatoms. The number of thiophene rings is 1. The molecular weight excluding hydrogens is 314 g/mol. The van der Waals surface area contributed by atoms with E-state index < -0.39 is 0 Å². The number of carbonyl (C=O) groups is 1. The fourth-order valence-corrected chi connectivity index (χ4v) is 4.73. The lowest BCUT2D eigenvalue weighted by Crippen LogP contribution is -2.39. The molecular formula is C16H21N3OS2. The van der Waals surface area contributed by atoms with Gasteiger partial charge in [0.2, 0.25) is 0 Å². The molecule has 1 saturated heterocycles. The van der Waals surface area contributed by atoms with Gasteiger partial charge in [-0.3, -0.25) is 9.69 Å². The number of amides is 1. The number of thiazole rings is 1. The minimum Gasteiger partial charge on any atom is -0.350 e. The second-order valence-corrected chi connectivity index (χ2v) is 7.49. The van der Waals surface area contributed by atoms with Gasteiger partial charge in [0.05, 0.1) is 10.6 Å². The Morgan fingerprint density at radius 2 is 2.41 bits per heavy atom. The highest BCUT2D eigenvalue weighted by atomic mass is 32.1. The molecule has 0 radical (unpaired) electrons. The maximum absolute atomic E-state index is 12.4. The Hall–Kier alpha value is -1.24. The Bertz CT molecular complexity index is 636. The van der Waals surface area contributed by atoms with Gasteiger partial charge in [-0.25, -0.2) is 4.98 Å². The van der Waals surface area contributed by atoms with E-state index in [4.69, 9.17) is 0 Å². The van der Waals surface area contributed by atoms with Crippen LogP contribution < -0.4 is 5.32 Å². The predicted octanol–water partition coefficient (Wildman–Crippen LogP) is 3.39. The lowest BCUT2D eigenvalue weighted by Gasteiger charge is -2.22. The van der Waals surface area contributed by atoms with Gasteiger partial charge in [-0.1, -0.05) is 13.0 Å². The van der Waals surface area contributed by atoms with Crippen molar-refractivity contribution < 1.29 is 4.79 Å². The normalized spacial score (nSPS) is 18.7. The molecule has 1 atom stereocenters. The van der Waals surface area contributed by atoms with Gasteiger partial charge in [0.25, 0.3) is 5.91 Å². The van der Waals surface area contributed by atoms with Crippen LogP contribution in [0.15, 0.2) is 17.5 Å². The molecule has 2 aromatic heterocycles. The number of nitrogens with zero attached hydrogens (tertiary/aromatic N) is 2. The van der Waals surface area contributed by atoms with Gasteiger partial charge in [-0.15, -0.1) is 22.7 Å². The fourth-order valence-electron chi connectivity index (χ4n) is 2.95. The minimum atomic E-state index is 0.0146. The molecule has 3 heterocycles. The summed E-state index contributed by atoms with van der Waals surface area (Å²) in [6.07, 6.45) is 2.41. The zero-order chi connectivity index (χ0) is 15.5. The van der Waals surface area contributed by atoms with Crippen molar-refractivity contribution in [2.24, 2.45) is 0 Å². The molecule has 22 heavy (non-hydrogen) atoms. The molecule has 1 amide bonds. The second kappa shape index (κ2) is 6.89. The molecule has 118 valence electrons. The summed E-state index contributed by atoms with van der Waals surface area (Å²) >= 11 is 3.14. The summed E-state index contributed by atoms with van der Waals surface area (Å²) < 4.78 is 0. The first kappa shape index (κ1) is 15.6. The van der Waals surface area contributed by atoms with Gasteiger partial charge >= 0.3 is 0 Å². The zero-order valence-corrected chi connectivity index (χ0v) is 14.6. The molecule has 1 aliphatic rings. The highest BCUT2D eigenvalue weighted by Gasteiger charge is 2.24. The van der Waals surface area contributed by atoms with Crippen LogP contribution in [-0.2, 0) is 0 Å². The van der Waals surface area contributed by atoms with Crippen LogP contribution in [0.1, 0.15) is 35.1 Å². The van der Waals surface area contributed by atoms with E-state index in [0.717, 1.165) is 40.1 Å². The topological polar surface area (TPSA) is 45.2 Å².